The fourth-order valence-corrected chi connectivity index (χ4v) is 3.33. The first-order chi connectivity index (χ1) is 12.7. The molecular formula is C19H24N4O3. The van der Waals surface area contributed by atoms with Crippen molar-refractivity contribution in [2.24, 2.45) is 0 Å². The maximum Gasteiger partial charge on any atom is 0.273 e. The summed E-state index contributed by atoms with van der Waals surface area (Å²) in [6, 6.07) is 5.30. The molecule has 2 aromatic rings. The van der Waals surface area contributed by atoms with Gasteiger partial charge in [0.05, 0.1) is 12.1 Å². The molecule has 1 fully saturated rings. The van der Waals surface area contributed by atoms with Gasteiger partial charge >= 0.3 is 0 Å². The molecule has 0 spiro atoms. The van der Waals surface area contributed by atoms with Crippen LogP contribution in [0, 0.1) is 0 Å². The molecule has 0 unspecified atom stereocenters. The summed E-state index contributed by atoms with van der Waals surface area (Å²) < 4.78 is 5.32. The Labute approximate surface area is 152 Å². The van der Waals surface area contributed by atoms with Crippen molar-refractivity contribution in [3.05, 3.63) is 47.6 Å². The van der Waals surface area contributed by atoms with E-state index >= 15 is 0 Å². The lowest BCUT2D eigenvalue weighted by Crippen LogP contribution is -2.41. The van der Waals surface area contributed by atoms with Crippen molar-refractivity contribution >= 4 is 11.8 Å². The molecule has 0 saturated heterocycles. The number of nitrogens with zero attached hydrogens (tertiary/aromatic N) is 3. The highest BCUT2D eigenvalue weighted by Crippen LogP contribution is 2.25. The van der Waals surface area contributed by atoms with Gasteiger partial charge in [0.15, 0.2) is 11.5 Å². The normalized spacial score (nSPS) is 14.8. The Bertz CT molecular complexity index is 738. The average Bonchev–Trinajstić information content (AvgIpc) is 3.16. The van der Waals surface area contributed by atoms with E-state index in [-0.39, 0.29) is 23.6 Å². The molecule has 0 aliphatic heterocycles. The van der Waals surface area contributed by atoms with Gasteiger partial charge in [-0.15, -0.1) is 0 Å². The van der Waals surface area contributed by atoms with E-state index in [1.165, 1.54) is 6.42 Å². The van der Waals surface area contributed by atoms with E-state index in [2.05, 4.69) is 15.5 Å². The molecule has 1 N–H and O–H groups in total. The number of carbonyl (C=O) groups is 2. The molecule has 2 aromatic heterocycles. The first-order valence-electron chi connectivity index (χ1n) is 9.14. The number of hydrogen-bond donors (Lipinski definition) is 1. The zero-order valence-corrected chi connectivity index (χ0v) is 15.0. The van der Waals surface area contributed by atoms with Crippen LogP contribution in [0.4, 0.5) is 0 Å². The Balaban J connectivity index is 1.79. The standard InChI is InChI=1S/C19H24N4O3/c1-2-21-18(24)17-11-16(26-22-17)13-23(15-8-4-3-5-9-15)19(25)14-7-6-10-20-12-14/h6-7,10-12,15H,2-5,8-9,13H2,1H3,(H,21,24). The molecule has 138 valence electrons. The Morgan fingerprint density at radius 2 is 2.12 bits per heavy atom. The summed E-state index contributed by atoms with van der Waals surface area (Å²) in [7, 11) is 0. The van der Waals surface area contributed by atoms with E-state index < -0.39 is 0 Å². The number of nitrogens with one attached hydrogen (secondary N) is 1. The number of pyridine rings is 1. The van der Waals surface area contributed by atoms with Crippen LogP contribution in [0.2, 0.25) is 0 Å². The molecule has 0 bridgehead atoms. The van der Waals surface area contributed by atoms with Crippen molar-refractivity contribution in [2.45, 2.75) is 51.6 Å². The topological polar surface area (TPSA) is 88.3 Å². The van der Waals surface area contributed by atoms with Crippen LogP contribution in [0.3, 0.4) is 0 Å². The van der Waals surface area contributed by atoms with E-state index in [9.17, 15) is 9.59 Å². The van der Waals surface area contributed by atoms with Gasteiger partial charge in [-0.1, -0.05) is 24.4 Å². The second-order valence-corrected chi connectivity index (χ2v) is 6.50. The molecule has 0 atom stereocenters. The lowest BCUT2D eigenvalue weighted by molar-refractivity contribution is 0.0590. The fourth-order valence-electron chi connectivity index (χ4n) is 3.33. The minimum absolute atomic E-state index is 0.0686. The van der Waals surface area contributed by atoms with E-state index in [1.807, 2.05) is 11.8 Å². The van der Waals surface area contributed by atoms with Gasteiger partial charge in [0.25, 0.3) is 11.8 Å². The molecule has 2 amide bonds. The molecular weight excluding hydrogens is 332 g/mol. The third-order valence-corrected chi connectivity index (χ3v) is 4.64. The van der Waals surface area contributed by atoms with Crippen LogP contribution in [-0.2, 0) is 6.54 Å². The lowest BCUT2D eigenvalue weighted by atomic mass is 9.93. The Morgan fingerprint density at radius 1 is 1.31 bits per heavy atom. The van der Waals surface area contributed by atoms with Crippen LogP contribution in [0.1, 0.15) is 65.6 Å². The van der Waals surface area contributed by atoms with Crippen molar-refractivity contribution in [1.29, 1.82) is 0 Å². The van der Waals surface area contributed by atoms with Crippen molar-refractivity contribution in [3.63, 3.8) is 0 Å². The van der Waals surface area contributed by atoms with Gasteiger partial charge in [-0.25, -0.2) is 0 Å². The van der Waals surface area contributed by atoms with Crippen molar-refractivity contribution < 1.29 is 14.1 Å². The second kappa shape index (κ2) is 8.60. The van der Waals surface area contributed by atoms with Crippen LogP contribution in [-0.4, -0.2) is 39.4 Å². The maximum absolute atomic E-state index is 13.0. The number of rotatable bonds is 6. The van der Waals surface area contributed by atoms with Crippen LogP contribution < -0.4 is 5.32 Å². The summed E-state index contributed by atoms with van der Waals surface area (Å²) in [5.74, 6) is 0.167. The highest BCUT2D eigenvalue weighted by atomic mass is 16.5. The smallest absolute Gasteiger partial charge is 0.273 e. The zero-order chi connectivity index (χ0) is 18.4. The molecule has 7 nitrogen and oxygen atoms in total. The van der Waals surface area contributed by atoms with Crippen LogP contribution in [0.5, 0.6) is 0 Å². The van der Waals surface area contributed by atoms with E-state index in [4.69, 9.17) is 4.52 Å². The molecule has 0 aromatic carbocycles. The molecule has 2 heterocycles. The minimum Gasteiger partial charge on any atom is -0.359 e. The van der Waals surface area contributed by atoms with Gasteiger partial charge in [-0.2, -0.15) is 0 Å². The number of amides is 2. The van der Waals surface area contributed by atoms with Gasteiger partial charge in [-0.05, 0) is 31.9 Å². The predicted molar refractivity (Wildman–Crippen MR) is 95.5 cm³/mol. The van der Waals surface area contributed by atoms with Crippen molar-refractivity contribution in [2.75, 3.05) is 6.54 Å². The molecule has 3 rings (SSSR count). The maximum atomic E-state index is 13.0. The highest BCUT2D eigenvalue weighted by Gasteiger charge is 2.28. The SMILES string of the molecule is CCNC(=O)c1cc(CN(C(=O)c2cccnc2)C2CCCCC2)on1. The van der Waals surface area contributed by atoms with Gasteiger partial charge < -0.3 is 14.7 Å². The molecule has 26 heavy (non-hydrogen) atoms. The van der Waals surface area contributed by atoms with Crippen LogP contribution in [0.25, 0.3) is 0 Å². The molecule has 1 aliphatic rings. The lowest BCUT2D eigenvalue weighted by Gasteiger charge is -2.33. The zero-order valence-electron chi connectivity index (χ0n) is 15.0. The summed E-state index contributed by atoms with van der Waals surface area (Å²) in [5.41, 5.74) is 0.792. The Hall–Kier alpha value is -2.70. The Kier molecular flexibility index (Phi) is 5.99. The summed E-state index contributed by atoms with van der Waals surface area (Å²) >= 11 is 0. The molecule has 7 heteroatoms. The number of hydrogen-bond acceptors (Lipinski definition) is 5. The minimum atomic E-state index is -0.273. The first kappa shape index (κ1) is 18.1. The number of aromatic nitrogens is 2. The summed E-state index contributed by atoms with van der Waals surface area (Å²) in [6.45, 7) is 2.66. The third-order valence-electron chi connectivity index (χ3n) is 4.64. The fraction of sp³-hybridized carbons (Fsp3) is 0.474. The molecule has 1 saturated carbocycles. The molecule has 1 aliphatic carbocycles. The second-order valence-electron chi connectivity index (χ2n) is 6.50. The van der Waals surface area contributed by atoms with Gasteiger partial charge in [0.2, 0.25) is 0 Å². The first-order valence-corrected chi connectivity index (χ1v) is 9.14. The summed E-state index contributed by atoms with van der Waals surface area (Å²) in [5, 5.41) is 6.52. The van der Waals surface area contributed by atoms with Gasteiger partial charge in [0.1, 0.15) is 0 Å². The summed E-state index contributed by atoms with van der Waals surface area (Å²) in [4.78, 5) is 30.8. The third kappa shape index (κ3) is 4.28. The van der Waals surface area contributed by atoms with Crippen molar-refractivity contribution in [3.8, 4) is 0 Å². The van der Waals surface area contributed by atoms with Gasteiger partial charge in [0, 0.05) is 31.0 Å². The number of carbonyl (C=O) groups excluding carboxylic acids is 2. The van der Waals surface area contributed by atoms with Crippen molar-refractivity contribution in [1.82, 2.24) is 20.4 Å². The molecule has 0 radical (unpaired) electrons. The predicted octanol–water partition coefficient (Wildman–Crippen LogP) is 2.79. The quantitative estimate of drug-likeness (QED) is 0.860. The van der Waals surface area contributed by atoms with Crippen LogP contribution in [0.15, 0.2) is 35.1 Å². The van der Waals surface area contributed by atoms with E-state index in [1.54, 1.807) is 30.6 Å². The van der Waals surface area contributed by atoms with E-state index in [0.717, 1.165) is 25.7 Å². The largest absolute Gasteiger partial charge is 0.359 e. The van der Waals surface area contributed by atoms with Gasteiger partial charge in [-0.3, -0.25) is 14.6 Å². The van der Waals surface area contributed by atoms with E-state index in [0.29, 0.717) is 24.4 Å². The highest BCUT2D eigenvalue weighted by molar-refractivity contribution is 5.94. The van der Waals surface area contributed by atoms with Crippen LogP contribution >= 0.6 is 0 Å². The monoisotopic (exact) mass is 356 g/mol. The average molecular weight is 356 g/mol. The Morgan fingerprint density at radius 3 is 2.81 bits per heavy atom. The summed E-state index contributed by atoms with van der Waals surface area (Å²) in [6.07, 6.45) is 8.61.